The van der Waals surface area contributed by atoms with Crippen LogP contribution in [0.1, 0.15) is 43.7 Å². The average molecular weight is 218 g/mol. The molecule has 16 heavy (non-hydrogen) atoms. The van der Waals surface area contributed by atoms with Crippen LogP contribution in [0, 0.1) is 5.92 Å². The van der Waals surface area contributed by atoms with Gasteiger partial charge in [0.25, 0.3) is 0 Å². The van der Waals surface area contributed by atoms with Crippen molar-refractivity contribution < 1.29 is 4.74 Å². The van der Waals surface area contributed by atoms with Crippen LogP contribution in [0.3, 0.4) is 0 Å². The molecule has 1 aromatic carbocycles. The van der Waals surface area contributed by atoms with Crippen molar-refractivity contribution in [2.45, 2.75) is 45.4 Å². The number of unbranched alkanes of at least 4 members (excludes halogenated alkanes) is 1. The molecule has 1 atom stereocenters. The summed E-state index contributed by atoms with van der Waals surface area (Å²) < 4.78 is 5.43. The van der Waals surface area contributed by atoms with Gasteiger partial charge in [0.1, 0.15) is 5.75 Å². The van der Waals surface area contributed by atoms with E-state index in [1.165, 1.54) is 49.7 Å². The SMILES string of the molecule is CCCC[C@H]1CCc2c(cccc2OC)C1. The molecule has 0 aliphatic heterocycles. The van der Waals surface area contributed by atoms with Crippen molar-refractivity contribution in [1.29, 1.82) is 0 Å². The number of hydrogen-bond acceptors (Lipinski definition) is 1. The Morgan fingerprint density at radius 3 is 3.00 bits per heavy atom. The first kappa shape index (κ1) is 11.5. The molecule has 2 rings (SSSR count). The van der Waals surface area contributed by atoms with Gasteiger partial charge in [0, 0.05) is 0 Å². The lowest BCUT2D eigenvalue weighted by Crippen LogP contribution is -2.15. The Kier molecular flexibility index (Phi) is 3.87. The minimum absolute atomic E-state index is 0.902. The van der Waals surface area contributed by atoms with Crippen LogP contribution < -0.4 is 4.74 Å². The fourth-order valence-electron chi connectivity index (χ4n) is 2.78. The van der Waals surface area contributed by atoms with E-state index in [-0.39, 0.29) is 0 Å². The molecule has 0 saturated carbocycles. The molecule has 0 radical (unpaired) electrons. The molecule has 0 N–H and O–H groups in total. The summed E-state index contributed by atoms with van der Waals surface area (Å²) in [4.78, 5) is 0. The van der Waals surface area contributed by atoms with E-state index >= 15 is 0 Å². The highest BCUT2D eigenvalue weighted by Gasteiger charge is 2.20. The summed E-state index contributed by atoms with van der Waals surface area (Å²) in [5.41, 5.74) is 2.98. The molecule has 88 valence electrons. The monoisotopic (exact) mass is 218 g/mol. The van der Waals surface area contributed by atoms with Crippen molar-refractivity contribution >= 4 is 0 Å². The Morgan fingerprint density at radius 2 is 2.25 bits per heavy atom. The summed E-state index contributed by atoms with van der Waals surface area (Å²) in [6.45, 7) is 2.28. The van der Waals surface area contributed by atoms with Crippen LogP contribution in [-0.4, -0.2) is 7.11 Å². The highest BCUT2D eigenvalue weighted by molar-refractivity contribution is 5.41. The largest absolute Gasteiger partial charge is 0.496 e. The van der Waals surface area contributed by atoms with E-state index < -0.39 is 0 Å². The molecule has 0 heterocycles. The fraction of sp³-hybridized carbons (Fsp3) is 0.600. The first-order valence-electron chi connectivity index (χ1n) is 6.50. The molecule has 0 unspecified atom stereocenters. The number of fused-ring (bicyclic) bond motifs is 1. The van der Waals surface area contributed by atoms with E-state index in [4.69, 9.17) is 4.74 Å². The molecule has 1 aliphatic rings. The number of methoxy groups -OCH3 is 1. The fourth-order valence-corrected chi connectivity index (χ4v) is 2.78. The molecule has 1 aromatic rings. The second-order valence-electron chi connectivity index (χ2n) is 4.85. The Hall–Kier alpha value is -0.980. The zero-order valence-electron chi connectivity index (χ0n) is 10.5. The molecule has 1 aliphatic carbocycles. The van der Waals surface area contributed by atoms with Gasteiger partial charge in [0.15, 0.2) is 0 Å². The van der Waals surface area contributed by atoms with Gasteiger partial charge < -0.3 is 4.74 Å². The quantitative estimate of drug-likeness (QED) is 0.742. The lowest BCUT2D eigenvalue weighted by atomic mass is 9.81. The van der Waals surface area contributed by atoms with Gasteiger partial charge in [-0.05, 0) is 42.4 Å². The standard InChI is InChI=1S/C15H22O/c1-3-4-6-12-9-10-14-13(11-12)7-5-8-15(14)16-2/h5,7-8,12H,3-4,6,9-11H2,1-2H3/t12-/m0/s1. The van der Waals surface area contributed by atoms with Gasteiger partial charge in [-0.15, -0.1) is 0 Å². The van der Waals surface area contributed by atoms with Gasteiger partial charge >= 0.3 is 0 Å². The van der Waals surface area contributed by atoms with Crippen molar-refractivity contribution in [3.8, 4) is 5.75 Å². The van der Waals surface area contributed by atoms with Crippen LogP contribution in [0.2, 0.25) is 0 Å². The van der Waals surface area contributed by atoms with Crippen LogP contribution in [0.4, 0.5) is 0 Å². The van der Waals surface area contributed by atoms with Crippen molar-refractivity contribution in [3.05, 3.63) is 29.3 Å². The maximum Gasteiger partial charge on any atom is 0.122 e. The van der Waals surface area contributed by atoms with Crippen LogP contribution in [-0.2, 0) is 12.8 Å². The van der Waals surface area contributed by atoms with Gasteiger partial charge in [-0.1, -0.05) is 38.3 Å². The summed E-state index contributed by atoms with van der Waals surface area (Å²) in [5.74, 6) is 1.99. The van der Waals surface area contributed by atoms with Crippen LogP contribution in [0.15, 0.2) is 18.2 Å². The van der Waals surface area contributed by atoms with Crippen LogP contribution in [0.25, 0.3) is 0 Å². The number of ether oxygens (including phenoxy) is 1. The molecule has 1 nitrogen and oxygen atoms in total. The van der Waals surface area contributed by atoms with Gasteiger partial charge in [-0.25, -0.2) is 0 Å². The van der Waals surface area contributed by atoms with Gasteiger partial charge in [0.05, 0.1) is 7.11 Å². The molecular weight excluding hydrogens is 196 g/mol. The minimum atomic E-state index is 0.902. The summed E-state index contributed by atoms with van der Waals surface area (Å²) in [5, 5.41) is 0. The predicted molar refractivity (Wildman–Crippen MR) is 68.0 cm³/mol. The third-order valence-corrected chi connectivity index (χ3v) is 3.73. The van der Waals surface area contributed by atoms with Gasteiger partial charge in [-0.3, -0.25) is 0 Å². The van der Waals surface area contributed by atoms with Crippen molar-refractivity contribution in [3.63, 3.8) is 0 Å². The molecule has 0 spiro atoms. The van der Waals surface area contributed by atoms with E-state index in [2.05, 4.69) is 25.1 Å². The number of hydrogen-bond donors (Lipinski definition) is 0. The molecule has 0 amide bonds. The molecule has 0 aromatic heterocycles. The molecule has 0 saturated heterocycles. The van der Waals surface area contributed by atoms with Crippen LogP contribution >= 0.6 is 0 Å². The molecule has 0 fully saturated rings. The second kappa shape index (κ2) is 5.38. The van der Waals surface area contributed by atoms with Crippen LogP contribution in [0.5, 0.6) is 5.75 Å². The van der Waals surface area contributed by atoms with E-state index in [0.29, 0.717) is 0 Å². The minimum Gasteiger partial charge on any atom is -0.496 e. The predicted octanol–water partition coefficient (Wildman–Crippen LogP) is 3.99. The Bertz CT molecular complexity index is 343. The van der Waals surface area contributed by atoms with E-state index in [1.807, 2.05) is 0 Å². The average Bonchev–Trinajstić information content (AvgIpc) is 2.35. The lowest BCUT2D eigenvalue weighted by molar-refractivity contribution is 0.383. The summed E-state index contributed by atoms with van der Waals surface area (Å²) in [6.07, 6.45) is 7.90. The summed E-state index contributed by atoms with van der Waals surface area (Å²) in [6, 6.07) is 6.49. The molecule has 1 heteroatoms. The maximum absolute atomic E-state index is 5.43. The smallest absolute Gasteiger partial charge is 0.122 e. The topological polar surface area (TPSA) is 9.23 Å². The van der Waals surface area contributed by atoms with Gasteiger partial charge in [0.2, 0.25) is 0 Å². The third kappa shape index (κ3) is 2.40. The number of benzene rings is 1. The molecule has 0 bridgehead atoms. The Morgan fingerprint density at radius 1 is 1.38 bits per heavy atom. The van der Waals surface area contributed by atoms with E-state index in [1.54, 1.807) is 7.11 Å². The van der Waals surface area contributed by atoms with E-state index in [0.717, 1.165) is 11.7 Å². The highest BCUT2D eigenvalue weighted by atomic mass is 16.5. The zero-order valence-corrected chi connectivity index (χ0v) is 10.5. The lowest BCUT2D eigenvalue weighted by Gasteiger charge is -2.25. The van der Waals surface area contributed by atoms with Crippen molar-refractivity contribution in [2.24, 2.45) is 5.92 Å². The van der Waals surface area contributed by atoms with Crippen molar-refractivity contribution in [1.82, 2.24) is 0 Å². The first-order valence-corrected chi connectivity index (χ1v) is 6.50. The summed E-state index contributed by atoms with van der Waals surface area (Å²) in [7, 11) is 1.78. The molecular formula is C15H22O. The zero-order chi connectivity index (χ0) is 11.4. The second-order valence-corrected chi connectivity index (χ2v) is 4.85. The summed E-state index contributed by atoms with van der Waals surface area (Å²) >= 11 is 0. The number of rotatable bonds is 4. The normalized spacial score (nSPS) is 19.2. The van der Waals surface area contributed by atoms with E-state index in [9.17, 15) is 0 Å². The maximum atomic E-state index is 5.43. The highest BCUT2D eigenvalue weighted by Crippen LogP contribution is 2.33. The first-order chi connectivity index (χ1) is 7.85. The Labute approximate surface area is 98.8 Å². The van der Waals surface area contributed by atoms with Crippen molar-refractivity contribution in [2.75, 3.05) is 7.11 Å². The third-order valence-electron chi connectivity index (χ3n) is 3.73. The van der Waals surface area contributed by atoms with Gasteiger partial charge in [-0.2, -0.15) is 0 Å². The Balaban J connectivity index is 2.09.